The standard InChI is InChI=1S/C19H24N2O4S/c1-4-16-5-11-19(12-6-16)26(23,24)20-13-14-21(15(2)22)17-7-9-18(25-3)10-8-17/h5-12,20H,4,13-14H2,1-3H3. The summed E-state index contributed by atoms with van der Waals surface area (Å²) in [5.41, 5.74) is 1.76. The lowest BCUT2D eigenvalue weighted by Gasteiger charge is -2.21. The SMILES string of the molecule is CCc1ccc(S(=O)(=O)NCCN(C(C)=O)c2ccc(OC)cc2)cc1. The molecule has 0 radical (unpaired) electrons. The molecule has 0 fully saturated rings. The topological polar surface area (TPSA) is 75.7 Å². The molecule has 0 saturated heterocycles. The van der Waals surface area contributed by atoms with Crippen molar-refractivity contribution in [1.29, 1.82) is 0 Å². The molecule has 0 aromatic heterocycles. The van der Waals surface area contributed by atoms with Crippen molar-refractivity contribution in [1.82, 2.24) is 4.72 Å². The predicted molar refractivity (Wildman–Crippen MR) is 102 cm³/mol. The van der Waals surface area contributed by atoms with Gasteiger partial charge in [-0.2, -0.15) is 0 Å². The highest BCUT2D eigenvalue weighted by Gasteiger charge is 2.16. The highest BCUT2D eigenvalue weighted by Crippen LogP contribution is 2.19. The van der Waals surface area contributed by atoms with Crippen LogP contribution in [0.5, 0.6) is 5.75 Å². The van der Waals surface area contributed by atoms with Crippen molar-refractivity contribution in [2.24, 2.45) is 0 Å². The van der Waals surface area contributed by atoms with E-state index in [1.54, 1.807) is 55.6 Å². The summed E-state index contributed by atoms with van der Waals surface area (Å²) in [5, 5.41) is 0. The van der Waals surface area contributed by atoms with Crippen molar-refractivity contribution in [3.05, 3.63) is 54.1 Å². The van der Waals surface area contributed by atoms with Gasteiger partial charge < -0.3 is 9.64 Å². The first-order valence-electron chi connectivity index (χ1n) is 8.38. The maximum absolute atomic E-state index is 12.4. The molecule has 26 heavy (non-hydrogen) atoms. The zero-order valence-corrected chi connectivity index (χ0v) is 16.0. The Kier molecular flexibility index (Phi) is 6.76. The Hall–Kier alpha value is -2.38. The average Bonchev–Trinajstić information content (AvgIpc) is 2.65. The minimum absolute atomic E-state index is 0.115. The van der Waals surface area contributed by atoms with Crippen LogP contribution in [-0.2, 0) is 21.2 Å². The van der Waals surface area contributed by atoms with Crippen LogP contribution >= 0.6 is 0 Å². The first-order valence-corrected chi connectivity index (χ1v) is 9.86. The molecule has 0 bridgehead atoms. The van der Waals surface area contributed by atoms with Crippen molar-refractivity contribution < 1.29 is 17.9 Å². The molecular weight excluding hydrogens is 352 g/mol. The Balaban J connectivity index is 2.03. The average molecular weight is 376 g/mol. The Morgan fingerprint density at radius 3 is 2.19 bits per heavy atom. The number of hydrogen-bond donors (Lipinski definition) is 1. The van der Waals surface area contributed by atoms with Crippen molar-refractivity contribution in [2.45, 2.75) is 25.2 Å². The number of ether oxygens (including phenoxy) is 1. The number of hydrogen-bond acceptors (Lipinski definition) is 4. The van der Waals surface area contributed by atoms with Gasteiger partial charge in [-0.25, -0.2) is 13.1 Å². The fraction of sp³-hybridized carbons (Fsp3) is 0.316. The number of methoxy groups -OCH3 is 1. The van der Waals surface area contributed by atoms with Crippen LogP contribution in [0.1, 0.15) is 19.4 Å². The van der Waals surface area contributed by atoms with Crippen LogP contribution in [0.3, 0.4) is 0 Å². The molecule has 0 aliphatic rings. The molecule has 0 spiro atoms. The van der Waals surface area contributed by atoms with E-state index in [0.29, 0.717) is 11.4 Å². The predicted octanol–water partition coefficient (Wildman–Crippen LogP) is 2.59. The van der Waals surface area contributed by atoms with Gasteiger partial charge in [0.2, 0.25) is 15.9 Å². The molecule has 2 aromatic carbocycles. The van der Waals surface area contributed by atoms with Gasteiger partial charge in [0.1, 0.15) is 5.75 Å². The van der Waals surface area contributed by atoms with E-state index < -0.39 is 10.0 Å². The number of sulfonamides is 1. The van der Waals surface area contributed by atoms with Crippen molar-refractivity contribution in [3.63, 3.8) is 0 Å². The molecule has 7 heteroatoms. The number of carbonyl (C=O) groups excluding carboxylic acids is 1. The van der Waals surface area contributed by atoms with E-state index in [-0.39, 0.29) is 23.9 Å². The van der Waals surface area contributed by atoms with Gasteiger partial charge >= 0.3 is 0 Å². The van der Waals surface area contributed by atoms with E-state index in [4.69, 9.17) is 4.74 Å². The fourth-order valence-electron chi connectivity index (χ4n) is 2.51. The summed E-state index contributed by atoms with van der Waals surface area (Å²) in [5.74, 6) is 0.523. The number of aryl methyl sites for hydroxylation is 1. The zero-order valence-electron chi connectivity index (χ0n) is 15.2. The van der Waals surface area contributed by atoms with E-state index in [1.807, 2.05) is 6.92 Å². The van der Waals surface area contributed by atoms with Crippen LogP contribution < -0.4 is 14.4 Å². The van der Waals surface area contributed by atoms with Crippen LogP contribution in [0.15, 0.2) is 53.4 Å². The Morgan fingerprint density at radius 2 is 1.69 bits per heavy atom. The molecule has 2 aromatic rings. The minimum atomic E-state index is -3.61. The summed E-state index contributed by atoms with van der Waals surface area (Å²) < 4.78 is 32.4. The van der Waals surface area contributed by atoms with Crippen LogP contribution in [0.4, 0.5) is 5.69 Å². The smallest absolute Gasteiger partial charge is 0.240 e. The minimum Gasteiger partial charge on any atom is -0.497 e. The lowest BCUT2D eigenvalue weighted by atomic mass is 10.2. The number of anilines is 1. The van der Waals surface area contributed by atoms with Gasteiger partial charge in [-0.15, -0.1) is 0 Å². The maximum Gasteiger partial charge on any atom is 0.240 e. The number of nitrogens with zero attached hydrogens (tertiary/aromatic N) is 1. The van der Waals surface area contributed by atoms with Crippen LogP contribution in [0, 0.1) is 0 Å². The zero-order chi connectivity index (χ0) is 19.2. The first-order chi connectivity index (χ1) is 12.4. The van der Waals surface area contributed by atoms with E-state index in [9.17, 15) is 13.2 Å². The molecule has 0 aliphatic carbocycles. The summed E-state index contributed by atoms with van der Waals surface area (Å²) >= 11 is 0. The number of benzene rings is 2. The molecule has 0 atom stereocenters. The number of rotatable bonds is 8. The molecule has 6 nitrogen and oxygen atoms in total. The highest BCUT2D eigenvalue weighted by atomic mass is 32.2. The largest absolute Gasteiger partial charge is 0.497 e. The summed E-state index contributed by atoms with van der Waals surface area (Å²) in [6.07, 6.45) is 0.850. The van der Waals surface area contributed by atoms with E-state index in [0.717, 1.165) is 12.0 Å². The van der Waals surface area contributed by atoms with Crippen molar-refractivity contribution >= 4 is 21.6 Å². The lowest BCUT2D eigenvalue weighted by molar-refractivity contribution is -0.116. The third-order valence-corrected chi connectivity index (χ3v) is 5.51. The summed E-state index contributed by atoms with van der Waals surface area (Å²) in [6, 6.07) is 13.8. The van der Waals surface area contributed by atoms with Crippen LogP contribution in [0.25, 0.3) is 0 Å². The van der Waals surface area contributed by atoms with Crippen molar-refractivity contribution in [3.8, 4) is 5.75 Å². The van der Waals surface area contributed by atoms with E-state index in [2.05, 4.69) is 4.72 Å². The summed E-state index contributed by atoms with van der Waals surface area (Å²) in [6.45, 7) is 3.80. The molecule has 1 amide bonds. The molecule has 1 N–H and O–H groups in total. The number of carbonyl (C=O) groups is 1. The normalized spacial score (nSPS) is 11.2. The fourth-order valence-corrected chi connectivity index (χ4v) is 3.53. The van der Waals surface area contributed by atoms with E-state index in [1.165, 1.54) is 11.8 Å². The number of nitrogens with one attached hydrogen (secondary N) is 1. The van der Waals surface area contributed by atoms with Gasteiger partial charge in [0.15, 0.2) is 0 Å². The molecule has 0 aliphatic heterocycles. The van der Waals surface area contributed by atoms with Crippen LogP contribution in [-0.4, -0.2) is 34.5 Å². The molecule has 0 saturated carbocycles. The quantitative estimate of drug-likeness (QED) is 0.768. The van der Waals surface area contributed by atoms with Gasteiger partial charge in [0.05, 0.1) is 12.0 Å². The van der Waals surface area contributed by atoms with Gasteiger partial charge in [0, 0.05) is 25.7 Å². The Bertz CT molecular complexity index is 831. The number of amides is 1. The molecular formula is C19H24N2O4S. The van der Waals surface area contributed by atoms with Crippen LogP contribution in [0.2, 0.25) is 0 Å². The molecule has 140 valence electrons. The highest BCUT2D eigenvalue weighted by molar-refractivity contribution is 7.89. The second-order valence-electron chi connectivity index (χ2n) is 5.76. The monoisotopic (exact) mass is 376 g/mol. The molecule has 2 rings (SSSR count). The molecule has 0 unspecified atom stereocenters. The Labute approximate surface area is 154 Å². The van der Waals surface area contributed by atoms with Gasteiger partial charge in [0.25, 0.3) is 0 Å². The maximum atomic E-state index is 12.4. The Morgan fingerprint density at radius 1 is 1.08 bits per heavy atom. The van der Waals surface area contributed by atoms with Gasteiger partial charge in [-0.3, -0.25) is 4.79 Å². The third-order valence-electron chi connectivity index (χ3n) is 4.03. The molecule has 0 heterocycles. The van der Waals surface area contributed by atoms with E-state index >= 15 is 0 Å². The second kappa shape index (κ2) is 8.82. The summed E-state index contributed by atoms with van der Waals surface area (Å²) in [4.78, 5) is 13.6. The van der Waals surface area contributed by atoms with Gasteiger partial charge in [-0.1, -0.05) is 19.1 Å². The second-order valence-corrected chi connectivity index (χ2v) is 7.53. The lowest BCUT2D eigenvalue weighted by Crippen LogP contribution is -2.37. The first kappa shape index (κ1) is 19.9. The summed E-state index contributed by atoms with van der Waals surface area (Å²) in [7, 11) is -2.04. The third kappa shape index (κ3) is 5.06. The van der Waals surface area contributed by atoms with Crippen molar-refractivity contribution in [2.75, 3.05) is 25.1 Å². The van der Waals surface area contributed by atoms with Gasteiger partial charge in [-0.05, 0) is 48.4 Å².